The van der Waals surface area contributed by atoms with Gasteiger partial charge in [0.15, 0.2) is 0 Å². The zero-order valence-corrected chi connectivity index (χ0v) is 11.3. The van der Waals surface area contributed by atoms with E-state index < -0.39 is 0 Å². The van der Waals surface area contributed by atoms with Gasteiger partial charge in [0.05, 0.1) is 0 Å². The molecule has 1 aromatic heterocycles. The molecule has 1 amide bonds. The molecule has 0 aliphatic carbocycles. The van der Waals surface area contributed by atoms with Crippen LogP contribution in [0.4, 0.5) is 0 Å². The maximum atomic E-state index is 12.3. The minimum absolute atomic E-state index is 0.136. The Morgan fingerprint density at radius 3 is 2.79 bits per heavy atom. The maximum Gasteiger partial charge on any atom is 0.254 e. The fourth-order valence-electron chi connectivity index (χ4n) is 2.76. The van der Waals surface area contributed by atoms with Crippen LogP contribution < -0.4 is 5.32 Å². The molecule has 0 saturated carbocycles. The molecule has 0 atom stereocenters. The van der Waals surface area contributed by atoms with Crippen LogP contribution >= 0.6 is 0 Å². The fourth-order valence-corrected chi connectivity index (χ4v) is 2.76. The van der Waals surface area contributed by atoms with Crippen molar-refractivity contribution in [3.8, 4) is 0 Å². The van der Waals surface area contributed by atoms with Gasteiger partial charge in [0.1, 0.15) is 0 Å². The van der Waals surface area contributed by atoms with Crippen molar-refractivity contribution >= 4 is 5.91 Å². The SMILES string of the molecule is Cc1cc(C(=O)N2CC(N3CCNCC3)C2)ccn1. The molecule has 3 heterocycles. The summed E-state index contributed by atoms with van der Waals surface area (Å²) in [5.74, 6) is 0.136. The molecule has 2 aliphatic heterocycles. The van der Waals surface area contributed by atoms with Gasteiger partial charge in [-0.15, -0.1) is 0 Å². The van der Waals surface area contributed by atoms with Crippen molar-refractivity contribution in [1.82, 2.24) is 20.1 Å². The lowest BCUT2D eigenvalue weighted by atomic mass is 10.0. The summed E-state index contributed by atoms with van der Waals surface area (Å²) in [6.45, 7) is 7.96. The van der Waals surface area contributed by atoms with Crippen molar-refractivity contribution in [2.75, 3.05) is 39.3 Å². The highest BCUT2D eigenvalue weighted by molar-refractivity contribution is 5.94. The average Bonchev–Trinajstić information content (AvgIpc) is 2.38. The van der Waals surface area contributed by atoms with Crippen molar-refractivity contribution in [3.05, 3.63) is 29.6 Å². The zero-order chi connectivity index (χ0) is 13.2. The Kier molecular flexibility index (Phi) is 3.48. The summed E-state index contributed by atoms with van der Waals surface area (Å²) in [4.78, 5) is 20.8. The quantitative estimate of drug-likeness (QED) is 0.820. The van der Waals surface area contributed by atoms with Crippen molar-refractivity contribution in [1.29, 1.82) is 0 Å². The average molecular weight is 260 g/mol. The van der Waals surface area contributed by atoms with Crippen LogP contribution in [0.5, 0.6) is 0 Å². The number of likely N-dealkylation sites (tertiary alicyclic amines) is 1. The summed E-state index contributed by atoms with van der Waals surface area (Å²) in [6.07, 6.45) is 1.70. The van der Waals surface area contributed by atoms with Crippen molar-refractivity contribution in [2.24, 2.45) is 0 Å². The number of pyridine rings is 1. The van der Waals surface area contributed by atoms with Gasteiger partial charge in [-0.25, -0.2) is 0 Å². The second kappa shape index (κ2) is 5.27. The number of carbonyl (C=O) groups is 1. The largest absolute Gasteiger partial charge is 0.335 e. The normalized spacial score (nSPS) is 21.2. The lowest BCUT2D eigenvalue weighted by molar-refractivity contribution is 0.0227. The van der Waals surface area contributed by atoms with E-state index in [1.165, 1.54) is 0 Å². The van der Waals surface area contributed by atoms with Gasteiger partial charge >= 0.3 is 0 Å². The summed E-state index contributed by atoms with van der Waals surface area (Å²) in [6, 6.07) is 4.21. The number of amides is 1. The molecule has 2 fully saturated rings. The third-order valence-corrected chi connectivity index (χ3v) is 3.96. The zero-order valence-electron chi connectivity index (χ0n) is 11.3. The van der Waals surface area contributed by atoms with Crippen LogP contribution in [-0.4, -0.2) is 66.0 Å². The lowest BCUT2D eigenvalue weighted by Crippen LogP contribution is -2.63. The van der Waals surface area contributed by atoms with Crippen molar-refractivity contribution in [2.45, 2.75) is 13.0 Å². The van der Waals surface area contributed by atoms with Crippen molar-refractivity contribution in [3.63, 3.8) is 0 Å². The Bertz CT molecular complexity index is 464. The molecule has 0 unspecified atom stereocenters. The van der Waals surface area contributed by atoms with Gasteiger partial charge in [0.25, 0.3) is 5.91 Å². The molecule has 0 bridgehead atoms. The molecular formula is C14H20N4O. The Balaban J connectivity index is 1.56. The molecule has 3 rings (SSSR count). The van der Waals surface area contributed by atoms with E-state index in [9.17, 15) is 4.79 Å². The van der Waals surface area contributed by atoms with Gasteiger partial charge in [-0.05, 0) is 19.1 Å². The second-order valence-corrected chi connectivity index (χ2v) is 5.34. The molecule has 2 saturated heterocycles. The van der Waals surface area contributed by atoms with Gasteiger partial charge < -0.3 is 10.2 Å². The molecule has 0 spiro atoms. The van der Waals surface area contributed by atoms with E-state index in [0.29, 0.717) is 6.04 Å². The number of piperazine rings is 1. The number of nitrogens with zero attached hydrogens (tertiary/aromatic N) is 3. The number of aromatic nitrogens is 1. The molecule has 1 N–H and O–H groups in total. The summed E-state index contributed by atoms with van der Waals surface area (Å²) >= 11 is 0. The molecule has 2 aliphatic rings. The third kappa shape index (κ3) is 2.62. The van der Waals surface area contributed by atoms with E-state index in [1.54, 1.807) is 12.3 Å². The van der Waals surface area contributed by atoms with Crippen LogP contribution in [-0.2, 0) is 0 Å². The van der Waals surface area contributed by atoms with Crippen LogP contribution in [0.25, 0.3) is 0 Å². The Morgan fingerprint density at radius 2 is 2.11 bits per heavy atom. The molecule has 1 aromatic rings. The van der Waals surface area contributed by atoms with Crippen LogP contribution in [0.3, 0.4) is 0 Å². The maximum absolute atomic E-state index is 12.3. The molecule has 5 nitrogen and oxygen atoms in total. The molecule has 5 heteroatoms. The Morgan fingerprint density at radius 1 is 1.37 bits per heavy atom. The van der Waals surface area contributed by atoms with Crippen LogP contribution in [0.2, 0.25) is 0 Å². The summed E-state index contributed by atoms with van der Waals surface area (Å²) in [5.41, 5.74) is 1.65. The lowest BCUT2D eigenvalue weighted by Gasteiger charge is -2.46. The van der Waals surface area contributed by atoms with Gasteiger partial charge in [0, 0.05) is 62.8 Å². The molecule has 0 aromatic carbocycles. The highest BCUT2D eigenvalue weighted by atomic mass is 16.2. The fraction of sp³-hybridized carbons (Fsp3) is 0.571. The highest BCUT2D eigenvalue weighted by Crippen LogP contribution is 2.18. The molecule has 102 valence electrons. The smallest absolute Gasteiger partial charge is 0.254 e. The number of carbonyl (C=O) groups excluding carboxylic acids is 1. The third-order valence-electron chi connectivity index (χ3n) is 3.96. The first-order valence-corrected chi connectivity index (χ1v) is 6.91. The molecule has 0 radical (unpaired) electrons. The van der Waals surface area contributed by atoms with E-state index in [2.05, 4.69) is 15.2 Å². The number of hydrogen-bond donors (Lipinski definition) is 1. The Hall–Kier alpha value is -1.46. The first-order valence-electron chi connectivity index (χ1n) is 6.91. The predicted octanol–water partition coefficient (Wildman–Crippen LogP) is 0.120. The van der Waals surface area contributed by atoms with Crippen molar-refractivity contribution < 1.29 is 4.79 Å². The first kappa shape index (κ1) is 12.6. The van der Waals surface area contributed by atoms with Gasteiger partial charge in [-0.2, -0.15) is 0 Å². The highest BCUT2D eigenvalue weighted by Gasteiger charge is 2.35. The minimum Gasteiger partial charge on any atom is -0.335 e. The van der Waals surface area contributed by atoms with E-state index in [-0.39, 0.29) is 5.91 Å². The first-order chi connectivity index (χ1) is 9.24. The van der Waals surface area contributed by atoms with Gasteiger partial charge in [0.2, 0.25) is 0 Å². The minimum atomic E-state index is 0.136. The van der Waals surface area contributed by atoms with Crippen LogP contribution in [0.15, 0.2) is 18.3 Å². The van der Waals surface area contributed by atoms with E-state index in [0.717, 1.165) is 50.5 Å². The van der Waals surface area contributed by atoms with E-state index >= 15 is 0 Å². The molecular weight excluding hydrogens is 240 g/mol. The number of aryl methyl sites for hydroxylation is 1. The standard InChI is InChI=1S/C14H20N4O/c1-11-8-12(2-3-16-11)14(19)18-9-13(10-18)17-6-4-15-5-7-17/h2-3,8,13,15H,4-7,9-10H2,1H3. The summed E-state index contributed by atoms with van der Waals surface area (Å²) in [7, 11) is 0. The van der Waals surface area contributed by atoms with E-state index in [1.807, 2.05) is 17.9 Å². The van der Waals surface area contributed by atoms with E-state index in [4.69, 9.17) is 0 Å². The number of rotatable bonds is 2. The number of nitrogens with one attached hydrogen (secondary N) is 1. The van der Waals surface area contributed by atoms with Crippen LogP contribution in [0, 0.1) is 6.92 Å². The van der Waals surface area contributed by atoms with Gasteiger partial charge in [-0.1, -0.05) is 0 Å². The summed E-state index contributed by atoms with van der Waals surface area (Å²) < 4.78 is 0. The molecule has 19 heavy (non-hydrogen) atoms. The topological polar surface area (TPSA) is 48.5 Å². The predicted molar refractivity (Wildman–Crippen MR) is 73.1 cm³/mol. The Labute approximate surface area is 113 Å². The summed E-state index contributed by atoms with van der Waals surface area (Å²) in [5, 5.41) is 3.35. The van der Waals surface area contributed by atoms with Crippen LogP contribution in [0.1, 0.15) is 16.1 Å². The van der Waals surface area contributed by atoms with Gasteiger partial charge in [-0.3, -0.25) is 14.7 Å². The monoisotopic (exact) mass is 260 g/mol. The number of hydrogen-bond acceptors (Lipinski definition) is 4. The second-order valence-electron chi connectivity index (χ2n) is 5.34.